The molecule has 1 aromatic rings. The van der Waals surface area contributed by atoms with E-state index in [-0.39, 0.29) is 17.7 Å². The first kappa shape index (κ1) is 18.6. The maximum absolute atomic E-state index is 13.0. The van der Waals surface area contributed by atoms with Crippen molar-refractivity contribution in [2.45, 2.75) is 45.4 Å². The Labute approximate surface area is 171 Å². The molecule has 1 aromatic carbocycles. The lowest BCUT2D eigenvalue weighted by Gasteiger charge is -2.52. The van der Waals surface area contributed by atoms with Crippen LogP contribution in [0.25, 0.3) is 0 Å². The van der Waals surface area contributed by atoms with Crippen molar-refractivity contribution in [2.24, 2.45) is 17.3 Å². The molecule has 3 amide bonds. The Hall–Kier alpha value is -2.37. The van der Waals surface area contributed by atoms with E-state index in [9.17, 15) is 14.4 Å². The van der Waals surface area contributed by atoms with Crippen LogP contribution in [0.15, 0.2) is 18.2 Å². The van der Waals surface area contributed by atoms with Crippen molar-refractivity contribution < 1.29 is 14.4 Å². The Bertz CT molecular complexity index is 856. The largest absolute Gasteiger partial charge is 0.371 e. The van der Waals surface area contributed by atoms with Crippen molar-refractivity contribution in [1.82, 2.24) is 10.2 Å². The molecule has 1 spiro atoms. The van der Waals surface area contributed by atoms with Gasteiger partial charge >= 0.3 is 0 Å². The van der Waals surface area contributed by atoms with E-state index >= 15 is 0 Å². The number of carbonyl (C=O) groups excluding carboxylic acids is 3. The topological polar surface area (TPSA) is 69.7 Å². The smallest absolute Gasteiger partial charge is 0.259 e. The highest BCUT2D eigenvalue weighted by atomic mass is 16.2. The molecule has 2 saturated heterocycles. The van der Waals surface area contributed by atoms with Gasteiger partial charge in [0.15, 0.2) is 0 Å². The Balaban J connectivity index is 1.17. The molecule has 4 aliphatic rings. The first-order chi connectivity index (χ1) is 13.9. The lowest BCUT2D eigenvalue weighted by Crippen LogP contribution is -2.50. The standard InChI is InChI=1S/C23H29N3O3/c1-15-13-23(14-15)6-10-26(11-7-23)22(29)16-4-8-25(9-5-16)17-2-3-18-19(12-17)21(28)24-20(18)27/h2-3,12,15-16H,4-11,13-14H2,1H3,(H,24,27,28). The van der Waals surface area contributed by atoms with Gasteiger partial charge in [-0.3, -0.25) is 19.7 Å². The third-order valence-electron chi connectivity index (χ3n) is 7.63. The third-order valence-corrected chi connectivity index (χ3v) is 7.63. The molecule has 3 aliphatic heterocycles. The number of benzene rings is 1. The van der Waals surface area contributed by atoms with Gasteiger partial charge in [0.1, 0.15) is 0 Å². The molecule has 29 heavy (non-hydrogen) atoms. The highest BCUT2D eigenvalue weighted by Gasteiger charge is 2.45. The average molecular weight is 396 g/mol. The van der Waals surface area contributed by atoms with Gasteiger partial charge in [0.25, 0.3) is 11.8 Å². The van der Waals surface area contributed by atoms with Crippen LogP contribution in [0, 0.1) is 17.3 Å². The monoisotopic (exact) mass is 395 g/mol. The van der Waals surface area contributed by atoms with Gasteiger partial charge in [0.05, 0.1) is 11.1 Å². The minimum absolute atomic E-state index is 0.111. The molecule has 6 nitrogen and oxygen atoms in total. The molecule has 0 atom stereocenters. The number of hydrogen-bond acceptors (Lipinski definition) is 4. The number of hydrogen-bond donors (Lipinski definition) is 1. The molecule has 0 bridgehead atoms. The van der Waals surface area contributed by atoms with E-state index in [1.54, 1.807) is 12.1 Å². The lowest BCUT2D eigenvalue weighted by molar-refractivity contribution is -0.140. The number of nitrogens with one attached hydrogen (secondary N) is 1. The number of fused-ring (bicyclic) bond motifs is 1. The lowest BCUT2D eigenvalue weighted by atomic mass is 9.58. The number of carbonyl (C=O) groups is 3. The van der Waals surface area contributed by atoms with Crippen LogP contribution in [0.2, 0.25) is 0 Å². The number of likely N-dealkylation sites (tertiary alicyclic amines) is 1. The van der Waals surface area contributed by atoms with Gasteiger partial charge in [-0.05, 0) is 68.1 Å². The van der Waals surface area contributed by atoms with Gasteiger partial charge in [-0.1, -0.05) is 6.92 Å². The predicted octanol–water partition coefficient (Wildman–Crippen LogP) is 2.83. The van der Waals surface area contributed by atoms with Crippen LogP contribution in [0.5, 0.6) is 0 Å². The molecule has 3 fully saturated rings. The van der Waals surface area contributed by atoms with Gasteiger partial charge in [0, 0.05) is 37.8 Å². The average Bonchev–Trinajstić information content (AvgIpc) is 3.00. The zero-order valence-electron chi connectivity index (χ0n) is 17.1. The summed E-state index contributed by atoms with van der Waals surface area (Å²) >= 11 is 0. The number of piperidine rings is 2. The third kappa shape index (κ3) is 3.22. The second-order valence-electron chi connectivity index (χ2n) is 9.61. The van der Waals surface area contributed by atoms with Crippen molar-refractivity contribution in [3.63, 3.8) is 0 Å². The first-order valence-electron chi connectivity index (χ1n) is 11.0. The summed E-state index contributed by atoms with van der Waals surface area (Å²) in [6.45, 7) is 5.81. The van der Waals surface area contributed by atoms with E-state index in [1.165, 1.54) is 25.7 Å². The van der Waals surface area contributed by atoms with Gasteiger partial charge in [-0.2, -0.15) is 0 Å². The van der Waals surface area contributed by atoms with E-state index in [0.717, 1.165) is 50.6 Å². The molecular weight excluding hydrogens is 366 g/mol. The van der Waals surface area contributed by atoms with Gasteiger partial charge in [-0.25, -0.2) is 0 Å². The normalized spacial score (nSPS) is 24.4. The molecule has 1 aliphatic carbocycles. The van der Waals surface area contributed by atoms with Crippen LogP contribution in [0.3, 0.4) is 0 Å². The van der Waals surface area contributed by atoms with E-state index in [0.29, 0.717) is 22.4 Å². The van der Waals surface area contributed by atoms with E-state index in [4.69, 9.17) is 0 Å². The highest BCUT2D eigenvalue weighted by Crippen LogP contribution is 2.52. The molecule has 3 heterocycles. The van der Waals surface area contributed by atoms with Crippen LogP contribution in [0.4, 0.5) is 5.69 Å². The maximum atomic E-state index is 13.0. The molecule has 1 saturated carbocycles. The molecule has 1 N–H and O–H groups in total. The van der Waals surface area contributed by atoms with Crippen molar-refractivity contribution in [3.8, 4) is 0 Å². The maximum Gasteiger partial charge on any atom is 0.259 e. The quantitative estimate of drug-likeness (QED) is 0.782. The summed E-state index contributed by atoms with van der Waals surface area (Å²) in [4.78, 5) is 41.0. The summed E-state index contributed by atoms with van der Waals surface area (Å²) in [7, 11) is 0. The van der Waals surface area contributed by atoms with Gasteiger partial charge in [0.2, 0.25) is 5.91 Å². The number of nitrogens with zero attached hydrogens (tertiary/aromatic N) is 2. The van der Waals surface area contributed by atoms with E-state index < -0.39 is 0 Å². The Morgan fingerprint density at radius 1 is 1.00 bits per heavy atom. The second-order valence-corrected chi connectivity index (χ2v) is 9.61. The van der Waals surface area contributed by atoms with Crippen LogP contribution >= 0.6 is 0 Å². The summed E-state index contributed by atoms with van der Waals surface area (Å²) in [6, 6.07) is 5.44. The molecular formula is C23H29N3O3. The first-order valence-corrected chi connectivity index (χ1v) is 11.0. The number of rotatable bonds is 2. The fourth-order valence-corrected chi connectivity index (χ4v) is 6.02. The van der Waals surface area contributed by atoms with Crippen LogP contribution in [-0.2, 0) is 4.79 Å². The highest BCUT2D eigenvalue weighted by molar-refractivity contribution is 6.21. The van der Waals surface area contributed by atoms with Gasteiger partial charge in [-0.15, -0.1) is 0 Å². The molecule has 6 heteroatoms. The second kappa shape index (κ2) is 6.85. The Kier molecular flexibility index (Phi) is 4.41. The summed E-state index contributed by atoms with van der Waals surface area (Å²) in [5.74, 6) is 0.678. The number of amides is 3. The van der Waals surface area contributed by atoms with Crippen molar-refractivity contribution in [2.75, 3.05) is 31.1 Å². The molecule has 154 valence electrons. The zero-order chi connectivity index (χ0) is 20.2. The Morgan fingerprint density at radius 2 is 1.66 bits per heavy atom. The fourth-order valence-electron chi connectivity index (χ4n) is 6.02. The van der Waals surface area contributed by atoms with Crippen LogP contribution < -0.4 is 10.2 Å². The van der Waals surface area contributed by atoms with Crippen LogP contribution in [-0.4, -0.2) is 48.8 Å². The van der Waals surface area contributed by atoms with Crippen LogP contribution in [0.1, 0.15) is 66.2 Å². The molecule has 0 unspecified atom stereocenters. The predicted molar refractivity (Wildman–Crippen MR) is 110 cm³/mol. The molecule has 5 rings (SSSR count). The molecule has 0 aromatic heterocycles. The summed E-state index contributed by atoms with van der Waals surface area (Å²) in [5, 5.41) is 2.34. The van der Waals surface area contributed by atoms with E-state index in [2.05, 4.69) is 22.0 Å². The summed E-state index contributed by atoms with van der Waals surface area (Å²) in [6.07, 6.45) is 6.74. The number of anilines is 1. The van der Waals surface area contributed by atoms with Gasteiger partial charge < -0.3 is 9.80 Å². The van der Waals surface area contributed by atoms with Crippen molar-refractivity contribution in [1.29, 1.82) is 0 Å². The SMILES string of the molecule is CC1CC2(CCN(C(=O)C3CCN(c4ccc5c(c4)C(=O)NC5=O)CC3)CC2)C1. The summed E-state index contributed by atoms with van der Waals surface area (Å²) < 4.78 is 0. The Morgan fingerprint density at radius 3 is 2.31 bits per heavy atom. The minimum Gasteiger partial charge on any atom is -0.371 e. The minimum atomic E-state index is -0.319. The molecule has 0 radical (unpaired) electrons. The number of imide groups is 1. The fraction of sp³-hybridized carbons (Fsp3) is 0.609. The van der Waals surface area contributed by atoms with Crippen molar-refractivity contribution in [3.05, 3.63) is 29.3 Å². The summed E-state index contributed by atoms with van der Waals surface area (Å²) in [5.41, 5.74) is 2.41. The zero-order valence-corrected chi connectivity index (χ0v) is 17.1. The van der Waals surface area contributed by atoms with Crippen molar-refractivity contribution >= 4 is 23.4 Å². The van der Waals surface area contributed by atoms with E-state index in [1.807, 2.05) is 6.07 Å².